The lowest BCUT2D eigenvalue weighted by Crippen LogP contribution is -2.38. The number of aromatic nitrogens is 1. The van der Waals surface area contributed by atoms with E-state index >= 15 is 0 Å². The molecule has 1 aromatic heterocycles. The first-order valence-electron chi connectivity index (χ1n) is 6.33. The van der Waals surface area contributed by atoms with Crippen molar-refractivity contribution in [3.8, 4) is 5.75 Å². The Hall–Kier alpha value is -1.58. The number of amides is 1. The van der Waals surface area contributed by atoms with Crippen molar-refractivity contribution in [2.45, 2.75) is 33.3 Å². The summed E-state index contributed by atoms with van der Waals surface area (Å²) in [7, 11) is 0. The first-order valence-corrected chi connectivity index (χ1v) is 6.33. The van der Waals surface area contributed by atoms with E-state index in [0.717, 1.165) is 18.7 Å². The molecule has 0 saturated carbocycles. The highest BCUT2D eigenvalue weighted by atomic mass is 16.5. The maximum Gasteiger partial charge on any atom is 0.228 e. The van der Waals surface area contributed by atoms with Crippen LogP contribution in [0.15, 0.2) is 24.5 Å². The van der Waals surface area contributed by atoms with Gasteiger partial charge in [-0.3, -0.25) is 9.78 Å². The van der Waals surface area contributed by atoms with Crippen LogP contribution >= 0.6 is 0 Å². The molecule has 1 fully saturated rings. The molecular weight excluding hydrogens is 228 g/mol. The van der Waals surface area contributed by atoms with Crippen LogP contribution in [0.25, 0.3) is 0 Å². The Morgan fingerprint density at radius 2 is 2.06 bits per heavy atom. The molecule has 2 heterocycles. The zero-order valence-corrected chi connectivity index (χ0v) is 11.2. The summed E-state index contributed by atoms with van der Waals surface area (Å²) in [6, 6.07) is 3.68. The van der Waals surface area contributed by atoms with Crippen LogP contribution in [0.5, 0.6) is 5.75 Å². The van der Waals surface area contributed by atoms with Crippen molar-refractivity contribution >= 4 is 5.91 Å². The van der Waals surface area contributed by atoms with Gasteiger partial charge in [-0.15, -0.1) is 0 Å². The lowest BCUT2D eigenvalue weighted by Gasteiger charge is -2.25. The van der Waals surface area contributed by atoms with Crippen LogP contribution in [0.4, 0.5) is 0 Å². The molecule has 0 aromatic carbocycles. The van der Waals surface area contributed by atoms with E-state index in [-0.39, 0.29) is 17.4 Å². The second-order valence-corrected chi connectivity index (χ2v) is 5.71. The van der Waals surface area contributed by atoms with E-state index in [1.807, 2.05) is 37.8 Å². The van der Waals surface area contributed by atoms with Crippen LogP contribution in [0.3, 0.4) is 0 Å². The topological polar surface area (TPSA) is 42.4 Å². The standard InChI is InChI=1S/C14H20N2O2/c1-14(2,3)13(17)16-9-6-12(10-16)18-11-4-7-15-8-5-11/h4-5,7-8,12H,6,9-10H2,1-3H3/t12-/m1/s1. The van der Waals surface area contributed by atoms with Crippen LogP contribution in [0.2, 0.25) is 0 Å². The number of carbonyl (C=O) groups is 1. The van der Waals surface area contributed by atoms with Crippen molar-refractivity contribution < 1.29 is 9.53 Å². The SMILES string of the molecule is CC(C)(C)C(=O)N1CC[C@@H](Oc2ccncc2)C1. The molecule has 1 aromatic rings. The van der Waals surface area contributed by atoms with Crippen LogP contribution < -0.4 is 4.74 Å². The monoisotopic (exact) mass is 248 g/mol. The summed E-state index contributed by atoms with van der Waals surface area (Å²) in [4.78, 5) is 18.0. The number of ether oxygens (including phenoxy) is 1. The number of rotatable bonds is 2. The largest absolute Gasteiger partial charge is 0.488 e. The lowest BCUT2D eigenvalue weighted by molar-refractivity contribution is -0.138. The summed E-state index contributed by atoms with van der Waals surface area (Å²) < 4.78 is 5.83. The molecular formula is C14H20N2O2. The van der Waals surface area contributed by atoms with E-state index in [9.17, 15) is 4.79 Å². The molecule has 2 rings (SSSR count). The Morgan fingerprint density at radius 3 is 2.67 bits per heavy atom. The summed E-state index contributed by atoms with van der Waals surface area (Å²) >= 11 is 0. The number of hydrogen-bond acceptors (Lipinski definition) is 3. The highest BCUT2D eigenvalue weighted by Crippen LogP contribution is 2.23. The van der Waals surface area contributed by atoms with Gasteiger partial charge in [-0.1, -0.05) is 20.8 Å². The van der Waals surface area contributed by atoms with Crippen molar-refractivity contribution in [2.24, 2.45) is 5.41 Å². The maximum atomic E-state index is 12.1. The molecule has 0 radical (unpaired) electrons. The van der Waals surface area contributed by atoms with Gasteiger partial charge in [-0.05, 0) is 12.1 Å². The van der Waals surface area contributed by atoms with Crippen molar-refractivity contribution in [2.75, 3.05) is 13.1 Å². The number of pyridine rings is 1. The fourth-order valence-electron chi connectivity index (χ4n) is 2.09. The predicted molar refractivity (Wildman–Crippen MR) is 69.3 cm³/mol. The van der Waals surface area contributed by atoms with Gasteiger partial charge in [-0.2, -0.15) is 0 Å². The Bertz CT molecular complexity index is 412. The molecule has 98 valence electrons. The Kier molecular flexibility index (Phi) is 3.55. The van der Waals surface area contributed by atoms with E-state index in [0.29, 0.717) is 6.54 Å². The van der Waals surface area contributed by atoms with Gasteiger partial charge < -0.3 is 9.64 Å². The molecule has 0 unspecified atom stereocenters. The van der Waals surface area contributed by atoms with Gasteiger partial charge in [0.25, 0.3) is 0 Å². The van der Waals surface area contributed by atoms with Crippen molar-refractivity contribution in [1.29, 1.82) is 0 Å². The Balaban J connectivity index is 1.91. The van der Waals surface area contributed by atoms with Gasteiger partial charge in [0, 0.05) is 30.8 Å². The highest BCUT2D eigenvalue weighted by molar-refractivity contribution is 5.81. The highest BCUT2D eigenvalue weighted by Gasteiger charge is 2.33. The molecule has 0 N–H and O–H groups in total. The van der Waals surface area contributed by atoms with Crippen molar-refractivity contribution in [1.82, 2.24) is 9.88 Å². The predicted octanol–water partition coefficient (Wildman–Crippen LogP) is 2.11. The van der Waals surface area contributed by atoms with Gasteiger partial charge in [-0.25, -0.2) is 0 Å². The molecule has 1 amide bonds. The summed E-state index contributed by atoms with van der Waals surface area (Å²) in [5, 5.41) is 0. The molecule has 1 aliphatic heterocycles. The third-order valence-corrected chi connectivity index (χ3v) is 3.03. The second-order valence-electron chi connectivity index (χ2n) is 5.71. The zero-order chi connectivity index (χ0) is 13.2. The fraction of sp³-hybridized carbons (Fsp3) is 0.571. The van der Waals surface area contributed by atoms with Gasteiger partial charge in [0.05, 0.1) is 6.54 Å². The average molecular weight is 248 g/mol. The van der Waals surface area contributed by atoms with Crippen LogP contribution in [-0.4, -0.2) is 35.0 Å². The minimum absolute atomic E-state index is 0.0960. The van der Waals surface area contributed by atoms with Crippen LogP contribution in [-0.2, 0) is 4.79 Å². The average Bonchev–Trinajstić information content (AvgIpc) is 2.76. The Morgan fingerprint density at radius 1 is 1.39 bits per heavy atom. The van der Waals surface area contributed by atoms with Crippen LogP contribution in [0, 0.1) is 5.41 Å². The maximum absolute atomic E-state index is 12.1. The minimum atomic E-state index is -0.314. The van der Waals surface area contributed by atoms with Gasteiger partial charge in [0.1, 0.15) is 11.9 Å². The Labute approximate surface area is 108 Å². The lowest BCUT2D eigenvalue weighted by atomic mass is 9.95. The number of carbonyl (C=O) groups excluding carboxylic acids is 1. The van der Waals surface area contributed by atoms with E-state index in [2.05, 4.69) is 4.98 Å². The number of nitrogens with zero attached hydrogens (tertiary/aromatic N) is 2. The third kappa shape index (κ3) is 3.00. The number of likely N-dealkylation sites (tertiary alicyclic amines) is 1. The van der Waals surface area contributed by atoms with Crippen molar-refractivity contribution in [3.63, 3.8) is 0 Å². The summed E-state index contributed by atoms with van der Waals surface area (Å²) in [5.74, 6) is 1.02. The van der Waals surface area contributed by atoms with E-state index in [1.54, 1.807) is 12.4 Å². The molecule has 4 heteroatoms. The fourth-order valence-corrected chi connectivity index (χ4v) is 2.09. The van der Waals surface area contributed by atoms with Gasteiger partial charge >= 0.3 is 0 Å². The van der Waals surface area contributed by atoms with E-state index in [1.165, 1.54) is 0 Å². The molecule has 1 saturated heterocycles. The molecule has 18 heavy (non-hydrogen) atoms. The van der Waals surface area contributed by atoms with E-state index in [4.69, 9.17) is 4.74 Å². The first kappa shape index (κ1) is 12.9. The normalized spacial score (nSPS) is 19.9. The summed E-state index contributed by atoms with van der Waals surface area (Å²) in [5.41, 5.74) is -0.314. The second kappa shape index (κ2) is 4.96. The first-order chi connectivity index (χ1) is 8.47. The molecule has 4 nitrogen and oxygen atoms in total. The van der Waals surface area contributed by atoms with Gasteiger partial charge in [0.15, 0.2) is 0 Å². The van der Waals surface area contributed by atoms with Crippen LogP contribution in [0.1, 0.15) is 27.2 Å². The zero-order valence-electron chi connectivity index (χ0n) is 11.2. The summed E-state index contributed by atoms with van der Waals surface area (Å²) in [6.07, 6.45) is 4.41. The summed E-state index contributed by atoms with van der Waals surface area (Å²) in [6.45, 7) is 7.31. The smallest absolute Gasteiger partial charge is 0.228 e. The third-order valence-electron chi connectivity index (χ3n) is 3.03. The van der Waals surface area contributed by atoms with E-state index < -0.39 is 0 Å². The molecule has 0 bridgehead atoms. The van der Waals surface area contributed by atoms with Crippen molar-refractivity contribution in [3.05, 3.63) is 24.5 Å². The minimum Gasteiger partial charge on any atom is -0.488 e. The molecule has 0 spiro atoms. The quantitative estimate of drug-likeness (QED) is 0.805. The molecule has 0 aliphatic carbocycles. The van der Waals surface area contributed by atoms with Gasteiger partial charge in [0.2, 0.25) is 5.91 Å². The number of hydrogen-bond donors (Lipinski definition) is 0. The molecule has 1 atom stereocenters. The molecule has 1 aliphatic rings.